The molecule has 0 aromatic heterocycles. The van der Waals surface area contributed by atoms with Crippen molar-refractivity contribution >= 4 is 12.1 Å². The lowest BCUT2D eigenvalue weighted by Crippen LogP contribution is -2.20. The topological polar surface area (TPSA) is 74.6 Å². The molecule has 0 atom stereocenters. The summed E-state index contributed by atoms with van der Waals surface area (Å²) in [5.41, 5.74) is -0.0103. The van der Waals surface area contributed by atoms with Crippen molar-refractivity contribution in [2.24, 2.45) is 10.8 Å². The second-order valence-electron chi connectivity index (χ2n) is 9.04. The van der Waals surface area contributed by atoms with Crippen molar-refractivity contribution < 1.29 is 19.8 Å². The fourth-order valence-corrected chi connectivity index (χ4v) is 3.27. The molecule has 0 aromatic rings. The molecule has 0 bridgehead atoms. The quantitative estimate of drug-likeness (QED) is 0.237. The second kappa shape index (κ2) is 12.6. The van der Waals surface area contributed by atoms with E-state index >= 15 is 0 Å². The minimum absolute atomic E-state index is 0.123. The molecule has 0 aliphatic rings. The number of rotatable bonds is 16. The lowest BCUT2D eigenvalue weighted by atomic mass is 9.83. The number of hydrogen-bond donors (Lipinski definition) is 2. The molecular formula is C21H40O4. The number of unbranched alkanes of at least 4 members (excludes halogenated alkanes) is 4. The summed E-state index contributed by atoms with van der Waals surface area (Å²) in [5, 5.41) is 18.1. The number of ketones is 1. The van der Waals surface area contributed by atoms with Gasteiger partial charge in [0.25, 0.3) is 0 Å². The van der Waals surface area contributed by atoms with Crippen LogP contribution in [0.4, 0.5) is 0 Å². The van der Waals surface area contributed by atoms with E-state index in [1.54, 1.807) is 0 Å². The van der Waals surface area contributed by atoms with Gasteiger partial charge in [0.2, 0.25) is 0 Å². The van der Waals surface area contributed by atoms with Crippen LogP contribution in [0, 0.1) is 10.8 Å². The van der Waals surface area contributed by atoms with Gasteiger partial charge in [-0.3, -0.25) is 4.79 Å². The maximum atomic E-state index is 11.9. The zero-order chi connectivity index (χ0) is 19.3. The maximum Gasteiger partial charge on any atom is 0.151 e. The zero-order valence-electron chi connectivity index (χ0n) is 16.9. The molecule has 4 nitrogen and oxygen atoms in total. The molecule has 0 aromatic carbocycles. The molecule has 0 radical (unpaired) electrons. The zero-order valence-corrected chi connectivity index (χ0v) is 16.9. The van der Waals surface area contributed by atoms with Crippen LogP contribution in [0.5, 0.6) is 0 Å². The third-order valence-electron chi connectivity index (χ3n) is 4.99. The number of aliphatic hydroxyl groups excluding tert-OH is 1. The highest BCUT2D eigenvalue weighted by Gasteiger charge is 2.21. The van der Waals surface area contributed by atoms with Crippen molar-refractivity contribution in [2.45, 2.75) is 111 Å². The maximum absolute atomic E-state index is 11.9. The Morgan fingerprint density at radius 2 is 1.36 bits per heavy atom. The molecule has 0 spiro atoms. The summed E-state index contributed by atoms with van der Waals surface area (Å²) in [6.07, 6.45) is 10.3. The Balaban J connectivity index is 3.60. The number of carbonyl (C=O) groups excluding carboxylic acids is 2. The summed E-state index contributed by atoms with van der Waals surface area (Å²) in [6.45, 7) is 8.30. The van der Waals surface area contributed by atoms with Crippen LogP contribution in [0.2, 0.25) is 0 Å². The van der Waals surface area contributed by atoms with Gasteiger partial charge < -0.3 is 15.0 Å². The van der Waals surface area contributed by atoms with Crippen molar-refractivity contribution in [3.63, 3.8) is 0 Å². The average molecular weight is 357 g/mol. The normalized spacial score (nSPS) is 12.6. The van der Waals surface area contributed by atoms with Crippen LogP contribution in [-0.4, -0.2) is 28.6 Å². The first-order valence-electron chi connectivity index (χ1n) is 9.89. The Morgan fingerprint density at radius 3 is 1.96 bits per heavy atom. The summed E-state index contributed by atoms with van der Waals surface area (Å²) >= 11 is 0. The van der Waals surface area contributed by atoms with E-state index in [0.717, 1.165) is 51.2 Å². The summed E-state index contributed by atoms with van der Waals surface area (Å²) in [7, 11) is 0. The van der Waals surface area contributed by atoms with E-state index in [4.69, 9.17) is 10.2 Å². The summed E-state index contributed by atoms with van der Waals surface area (Å²) in [5.74, 6) is 0.326. The smallest absolute Gasteiger partial charge is 0.151 e. The van der Waals surface area contributed by atoms with E-state index < -0.39 is 6.29 Å². The first-order valence-corrected chi connectivity index (χ1v) is 9.89. The van der Waals surface area contributed by atoms with Crippen LogP contribution >= 0.6 is 0 Å². The van der Waals surface area contributed by atoms with Crippen molar-refractivity contribution in [1.82, 2.24) is 0 Å². The van der Waals surface area contributed by atoms with Gasteiger partial charge in [0.05, 0.1) is 0 Å². The van der Waals surface area contributed by atoms with Crippen molar-refractivity contribution in [3.8, 4) is 0 Å². The highest BCUT2D eigenvalue weighted by Crippen LogP contribution is 2.29. The van der Waals surface area contributed by atoms with Gasteiger partial charge in [-0.25, -0.2) is 0 Å². The van der Waals surface area contributed by atoms with Crippen LogP contribution < -0.4 is 0 Å². The van der Waals surface area contributed by atoms with Crippen LogP contribution in [0.3, 0.4) is 0 Å². The molecule has 148 valence electrons. The second-order valence-corrected chi connectivity index (χ2v) is 9.04. The van der Waals surface area contributed by atoms with Gasteiger partial charge in [0, 0.05) is 25.7 Å². The highest BCUT2D eigenvalue weighted by atomic mass is 16.5. The summed E-state index contributed by atoms with van der Waals surface area (Å²) in [4.78, 5) is 22.5. The Kier molecular flexibility index (Phi) is 12.2. The largest absolute Gasteiger partial charge is 0.368 e. The van der Waals surface area contributed by atoms with E-state index in [9.17, 15) is 9.59 Å². The minimum Gasteiger partial charge on any atom is -0.368 e. The van der Waals surface area contributed by atoms with Crippen LogP contribution in [0.25, 0.3) is 0 Å². The first-order chi connectivity index (χ1) is 11.6. The molecule has 2 N–H and O–H groups in total. The van der Waals surface area contributed by atoms with Gasteiger partial charge in [-0.2, -0.15) is 0 Å². The number of Topliss-reactive ketones (excluding diaryl/α,β-unsaturated/α-hetero) is 1. The third-order valence-corrected chi connectivity index (χ3v) is 4.99. The minimum atomic E-state index is -1.27. The molecule has 4 heteroatoms. The van der Waals surface area contributed by atoms with Gasteiger partial charge in [-0.05, 0) is 36.5 Å². The van der Waals surface area contributed by atoms with Crippen LogP contribution in [0.15, 0.2) is 0 Å². The number of hydrogen-bond acceptors (Lipinski definition) is 4. The van der Waals surface area contributed by atoms with E-state index in [0.29, 0.717) is 31.5 Å². The van der Waals surface area contributed by atoms with E-state index in [-0.39, 0.29) is 10.8 Å². The molecule has 0 heterocycles. The Bertz CT molecular complexity index is 372. The Morgan fingerprint density at radius 1 is 0.840 bits per heavy atom. The van der Waals surface area contributed by atoms with Crippen molar-refractivity contribution in [1.29, 1.82) is 0 Å². The van der Waals surface area contributed by atoms with Crippen LogP contribution in [0.1, 0.15) is 105 Å². The van der Waals surface area contributed by atoms with Crippen LogP contribution in [-0.2, 0) is 9.59 Å². The monoisotopic (exact) mass is 356 g/mol. The number of carbonyl (C=O) groups is 2. The Hall–Kier alpha value is -0.740. The van der Waals surface area contributed by atoms with Gasteiger partial charge in [-0.15, -0.1) is 0 Å². The first kappa shape index (κ1) is 24.3. The Labute approximate surface area is 154 Å². The molecule has 0 saturated heterocycles. The predicted octanol–water partition coefficient (Wildman–Crippen LogP) is 4.80. The lowest BCUT2D eigenvalue weighted by molar-refractivity contribution is -0.119. The highest BCUT2D eigenvalue weighted by molar-refractivity contribution is 5.78. The molecule has 0 aliphatic carbocycles. The molecule has 0 fully saturated rings. The summed E-state index contributed by atoms with van der Waals surface area (Å²) < 4.78 is 0. The van der Waals surface area contributed by atoms with Gasteiger partial charge in [0.1, 0.15) is 12.1 Å². The van der Waals surface area contributed by atoms with E-state index in [2.05, 4.69) is 13.8 Å². The van der Waals surface area contributed by atoms with Gasteiger partial charge >= 0.3 is 0 Å². The fraction of sp³-hybridized carbons (Fsp3) is 0.905. The molecule has 0 rings (SSSR count). The number of aldehydes is 1. The molecule has 0 unspecified atom stereocenters. The van der Waals surface area contributed by atoms with Crippen molar-refractivity contribution in [3.05, 3.63) is 0 Å². The van der Waals surface area contributed by atoms with Gasteiger partial charge in [-0.1, -0.05) is 53.4 Å². The predicted molar refractivity (Wildman–Crippen MR) is 102 cm³/mol. The SMILES string of the molecule is CC(C)(CC=O)CCCCCCCC(=O)CCCC(C)(C)CC(O)O. The van der Waals surface area contributed by atoms with Crippen molar-refractivity contribution in [2.75, 3.05) is 0 Å². The standard InChI is InChI=1S/C21H40O4/c1-20(2,15-16-22)13-9-7-5-6-8-11-18(23)12-10-14-21(3,4)17-19(24)25/h16,19,24-25H,5-15,17H2,1-4H3. The van der Waals surface area contributed by atoms with Gasteiger partial charge in [0.15, 0.2) is 6.29 Å². The lowest BCUT2D eigenvalue weighted by Gasteiger charge is -2.25. The van der Waals surface area contributed by atoms with E-state index in [1.807, 2.05) is 13.8 Å². The third kappa shape index (κ3) is 15.2. The molecule has 0 amide bonds. The average Bonchev–Trinajstić information content (AvgIpc) is 2.44. The molecule has 25 heavy (non-hydrogen) atoms. The molecule has 0 saturated carbocycles. The molecule has 0 aliphatic heterocycles. The number of aliphatic hydroxyl groups is 2. The van der Waals surface area contributed by atoms with E-state index in [1.165, 1.54) is 6.42 Å². The molecular weight excluding hydrogens is 316 g/mol. The summed E-state index contributed by atoms with van der Waals surface area (Å²) in [6, 6.07) is 0. The fourth-order valence-electron chi connectivity index (χ4n) is 3.27.